The molecular formula is C14H11ClN4O2. The molecule has 2 aromatic heterocycles. The van der Waals surface area contributed by atoms with Gasteiger partial charge in [-0.05, 0) is 5.56 Å². The quantitative estimate of drug-likeness (QED) is 0.744. The maximum absolute atomic E-state index is 11.9. The van der Waals surface area contributed by atoms with E-state index in [1.165, 1.54) is 6.20 Å². The van der Waals surface area contributed by atoms with E-state index in [9.17, 15) is 9.59 Å². The van der Waals surface area contributed by atoms with Crippen molar-refractivity contribution in [3.63, 3.8) is 0 Å². The van der Waals surface area contributed by atoms with E-state index in [0.29, 0.717) is 12.2 Å². The first-order valence-corrected chi connectivity index (χ1v) is 6.60. The number of hydrogen-bond acceptors (Lipinski definition) is 3. The summed E-state index contributed by atoms with van der Waals surface area (Å²) >= 11 is 5.63. The summed E-state index contributed by atoms with van der Waals surface area (Å²) in [6, 6.07) is 10.9. The first-order chi connectivity index (χ1) is 10.1. The van der Waals surface area contributed by atoms with Crippen LogP contribution in [0, 0.1) is 0 Å². The van der Waals surface area contributed by atoms with Gasteiger partial charge in [0.25, 0.3) is 5.56 Å². The summed E-state index contributed by atoms with van der Waals surface area (Å²) in [7, 11) is 0. The standard InChI is InChI=1S/C14H11ClN4O2/c15-12-6-13(20)19(14(21)17-12)11-7-16-18(9-11)8-10-4-2-1-3-5-10/h1-7,9H,8H2,(H,17,21). The van der Waals surface area contributed by atoms with E-state index < -0.39 is 11.2 Å². The van der Waals surface area contributed by atoms with Crippen LogP contribution in [0.15, 0.2) is 58.4 Å². The molecule has 0 unspecified atom stereocenters. The van der Waals surface area contributed by atoms with Crippen LogP contribution >= 0.6 is 11.6 Å². The molecule has 21 heavy (non-hydrogen) atoms. The summed E-state index contributed by atoms with van der Waals surface area (Å²) in [6.07, 6.45) is 3.10. The maximum atomic E-state index is 11.9. The number of rotatable bonds is 3. The molecule has 3 rings (SSSR count). The smallest absolute Gasteiger partial charge is 0.297 e. The van der Waals surface area contributed by atoms with Crippen LogP contribution in [0.4, 0.5) is 0 Å². The van der Waals surface area contributed by atoms with E-state index in [1.807, 2.05) is 30.3 Å². The summed E-state index contributed by atoms with van der Waals surface area (Å²) in [5.41, 5.74) is 0.383. The molecule has 0 saturated carbocycles. The van der Waals surface area contributed by atoms with Gasteiger partial charge in [-0.3, -0.25) is 14.5 Å². The van der Waals surface area contributed by atoms with E-state index in [2.05, 4.69) is 10.1 Å². The predicted octanol–water partition coefficient (Wildman–Crippen LogP) is 1.42. The Kier molecular flexibility index (Phi) is 3.45. The number of benzene rings is 1. The highest BCUT2D eigenvalue weighted by Gasteiger charge is 2.08. The number of H-pyrrole nitrogens is 1. The SMILES string of the molecule is O=c1cc(Cl)[nH]c(=O)n1-c1cnn(Cc2ccccc2)c1. The van der Waals surface area contributed by atoms with Gasteiger partial charge in [0.2, 0.25) is 0 Å². The Morgan fingerprint density at radius 2 is 1.95 bits per heavy atom. The summed E-state index contributed by atoms with van der Waals surface area (Å²) in [5.74, 6) is 0. The Hall–Kier alpha value is -2.60. The summed E-state index contributed by atoms with van der Waals surface area (Å²) in [5, 5.41) is 4.18. The largest absolute Gasteiger partial charge is 0.334 e. The van der Waals surface area contributed by atoms with Crippen LogP contribution < -0.4 is 11.2 Å². The lowest BCUT2D eigenvalue weighted by molar-refractivity contribution is 0.686. The molecule has 106 valence electrons. The molecule has 0 saturated heterocycles. The third kappa shape index (κ3) is 2.80. The molecule has 0 aliphatic heterocycles. The molecule has 0 radical (unpaired) electrons. The lowest BCUT2D eigenvalue weighted by atomic mass is 10.2. The Bertz CT molecular complexity index is 848. The van der Waals surface area contributed by atoms with Crippen LogP contribution in [-0.2, 0) is 6.54 Å². The van der Waals surface area contributed by atoms with E-state index in [1.54, 1.807) is 10.9 Å². The van der Waals surface area contributed by atoms with E-state index in [-0.39, 0.29) is 5.15 Å². The minimum atomic E-state index is -0.591. The maximum Gasteiger partial charge on any atom is 0.334 e. The Balaban J connectivity index is 1.96. The normalized spacial score (nSPS) is 10.7. The Morgan fingerprint density at radius 1 is 1.19 bits per heavy atom. The summed E-state index contributed by atoms with van der Waals surface area (Å²) < 4.78 is 2.64. The van der Waals surface area contributed by atoms with Gasteiger partial charge in [0.15, 0.2) is 0 Å². The molecule has 0 fully saturated rings. The second-order valence-electron chi connectivity index (χ2n) is 4.48. The fourth-order valence-electron chi connectivity index (χ4n) is 2.04. The molecular weight excluding hydrogens is 292 g/mol. The van der Waals surface area contributed by atoms with Crippen LogP contribution in [-0.4, -0.2) is 19.3 Å². The van der Waals surface area contributed by atoms with Crippen molar-refractivity contribution in [1.29, 1.82) is 0 Å². The predicted molar refractivity (Wildman–Crippen MR) is 79.0 cm³/mol. The van der Waals surface area contributed by atoms with Crippen LogP contribution in [0.2, 0.25) is 5.15 Å². The van der Waals surface area contributed by atoms with Crippen molar-refractivity contribution in [2.75, 3.05) is 0 Å². The van der Waals surface area contributed by atoms with Crippen LogP contribution in [0.3, 0.4) is 0 Å². The zero-order valence-corrected chi connectivity index (χ0v) is 11.6. The average Bonchev–Trinajstić information content (AvgIpc) is 2.87. The van der Waals surface area contributed by atoms with Gasteiger partial charge in [0.05, 0.1) is 18.4 Å². The van der Waals surface area contributed by atoms with Crippen molar-refractivity contribution < 1.29 is 0 Å². The molecule has 7 heteroatoms. The van der Waals surface area contributed by atoms with Crippen molar-refractivity contribution in [3.8, 4) is 5.69 Å². The summed E-state index contributed by atoms with van der Waals surface area (Å²) in [4.78, 5) is 26.0. The van der Waals surface area contributed by atoms with Crippen molar-refractivity contribution in [3.05, 3.63) is 80.3 Å². The van der Waals surface area contributed by atoms with Crippen molar-refractivity contribution in [2.24, 2.45) is 0 Å². The van der Waals surface area contributed by atoms with Gasteiger partial charge in [-0.2, -0.15) is 5.10 Å². The third-order valence-electron chi connectivity index (χ3n) is 2.97. The van der Waals surface area contributed by atoms with Gasteiger partial charge in [0.1, 0.15) is 5.15 Å². The first kappa shape index (κ1) is 13.4. The highest BCUT2D eigenvalue weighted by atomic mass is 35.5. The van der Waals surface area contributed by atoms with Crippen LogP contribution in [0.25, 0.3) is 5.69 Å². The topological polar surface area (TPSA) is 72.7 Å². The second-order valence-corrected chi connectivity index (χ2v) is 4.88. The molecule has 0 bridgehead atoms. The lowest BCUT2D eigenvalue weighted by Crippen LogP contribution is -2.32. The second kappa shape index (κ2) is 5.41. The first-order valence-electron chi connectivity index (χ1n) is 6.22. The number of aromatic amines is 1. The fourth-order valence-corrected chi connectivity index (χ4v) is 2.21. The van der Waals surface area contributed by atoms with Gasteiger partial charge in [-0.15, -0.1) is 0 Å². The zero-order chi connectivity index (χ0) is 14.8. The monoisotopic (exact) mass is 302 g/mol. The van der Waals surface area contributed by atoms with Crippen molar-refractivity contribution in [2.45, 2.75) is 6.54 Å². The third-order valence-corrected chi connectivity index (χ3v) is 3.17. The van der Waals surface area contributed by atoms with Gasteiger partial charge in [-0.25, -0.2) is 9.36 Å². The molecule has 6 nitrogen and oxygen atoms in total. The van der Waals surface area contributed by atoms with Crippen LogP contribution in [0.5, 0.6) is 0 Å². The minimum absolute atomic E-state index is 0.0120. The molecule has 0 aliphatic rings. The molecule has 0 amide bonds. The molecule has 0 spiro atoms. The van der Waals surface area contributed by atoms with Gasteiger partial charge < -0.3 is 0 Å². The van der Waals surface area contributed by atoms with Gasteiger partial charge in [-0.1, -0.05) is 41.9 Å². The van der Waals surface area contributed by atoms with E-state index in [0.717, 1.165) is 16.2 Å². The molecule has 2 heterocycles. The number of aromatic nitrogens is 4. The average molecular weight is 303 g/mol. The molecule has 0 atom stereocenters. The zero-order valence-electron chi connectivity index (χ0n) is 10.9. The number of nitrogens with zero attached hydrogens (tertiary/aromatic N) is 3. The van der Waals surface area contributed by atoms with Crippen molar-refractivity contribution >= 4 is 11.6 Å². The highest BCUT2D eigenvalue weighted by molar-refractivity contribution is 6.29. The summed E-state index contributed by atoms with van der Waals surface area (Å²) in [6.45, 7) is 0.557. The molecule has 3 aromatic rings. The van der Waals surface area contributed by atoms with E-state index in [4.69, 9.17) is 11.6 Å². The Morgan fingerprint density at radius 3 is 2.67 bits per heavy atom. The molecule has 1 N–H and O–H groups in total. The Labute approximate surface area is 124 Å². The number of nitrogens with one attached hydrogen (secondary N) is 1. The van der Waals surface area contributed by atoms with Crippen LogP contribution in [0.1, 0.15) is 5.56 Å². The molecule has 1 aromatic carbocycles. The van der Waals surface area contributed by atoms with Gasteiger partial charge in [0, 0.05) is 12.3 Å². The van der Waals surface area contributed by atoms with Gasteiger partial charge >= 0.3 is 5.69 Å². The highest BCUT2D eigenvalue weighted by Crippen LogP contribution is 2.05. The minimum Gasteiger partial charge on any atom is -0.297 e. The van der Waals surface area contributed by atoms with E-state index >= 15 is 0 Å². The fraction of sp³-hybridized carbons (Fsp3) is 0.0714. The van der Waals surface area contributed by atoms with Crippen molar-refractivity contribution in [1.82, 2.24) is 19.3 Å². The molecule has 0 aliphatic carbocycles. The number of halogens is 1. The lowest BCUT2D eigenvalue weighted by Gasteiger charge is -2.02. The number of hydrogen-bond donors (Lipinski definition) is 1.